The summed E-state index contributed by atoms with van der Waals surface area (Å²) in [6.07, 6.45) is 9.14. The molecule has 0 bridgehead atoms. The Morgan fingerprint density at radius 1 is 1.57 bits per heavy atom. The Kier molecular flexibility index (Phi) is 2.87. The molecule has 2 rings (SSSR count). The van der Waals surface area contributed by atoms with E-state index in [1.807, 2.05) is 6.20 Å². The van der Waals surface area contributed by atoms with Gasteiger partial charge in [0.1, 0.15) is 0 Å². The van der Waals surface area contributed by atoms with Crippen LogP contribution in [0.4, 0.5) is 0 Å². The molecule has 78 valence electrons. The smallest absolute Gasteiger partial charge is 0.0522 e. The summed E-state index contributed by atoms with van der Waals surface area (Å²) < 4.78 is 2.12. The Hall–Kier alpha value is -0.830. The molecule has 1 saturated carbocycles. The van der Waals surface area contributed by atoms with E-state index >= 15 is 0 Å². The third-order valence-electron chi connectivity index (χ3n) is 3.19. The van der Waals surface area contributed by atoms with Gasteiger partial charge in [-0.25, -0.2) is 0 Å². The van der Waals surface area contributed by atoms with Gasteiger partial charge in [0, 0.05) is 6.20 Å². The minimum Gasteiger partial charge on any atom is -0.330 e. The van der Waals surface area contributed by atoms with E-state index in [1.165, 1.54) is 31.2 Å². The highest BCUT2D eigenvalue weighted by Gasteiger charge is 2.22. The second kappa shape index (κ2) is 4.13. The van der Waals surface area contributed by atoms with Crippen molar-refractivity contribution in [2.75, 3.05) is 6.54 Å². The predicted octanol–water partition coefficient (Wildman–Crippen LogP) is 1.88. The van der Waals surface area contributed by atoms with Crippen LogP contribution in [0.2, 0.25) is 0 Å². The quantitative estimate of drug-likeness (QED) is 0.779. The van der Waals surface area contributed by atoms with Gasteiger partial charge in [-0.15, -0.1) is 0 Å². The molecule has 14 heavy (non-hydrogen) atoms. The molecule has 0 aromatic carbocycles. The molecular weight excluding hydrogens is 174 g/mol. The monoisotopic (exact) mass is 193 g/mol. The second-order valence-electron chi connectivity index (χ2n) is 4.42. The van der Waals surface area contributed by atoms with E-state index in [2.05, 4.69) is 22.9 Å². The minimum absolute atomic E-state index is 0.589. The van der Waals surface area contributed by atoms with Gasteiger partial charge in [-0.05, 0) is 44.2 Å². The summed E-state index contributed by atoms with van der Waals surface area (Å²) in [7, 11) is 0. The summed E-state index contributed by atoms with van der Waals surface area (Å²) in [5, 5.41) is 4.38. The molecule has 2 unspecified atom stereocenters. The number of aromatic nitrogens is 2. The molecule has 0 amide bonds. The summed E-state index contributed by atoms with van der Waals surface area (Å²) in [5.74, 6) is 0.707. The van der Waals surface area contributed by atoms with Crippen molar-refractivity contribution >= 4 is 0 Å². The van der Waals surface area contributed by atoms with E-state index in [0.29, 0.717) is 12.0 Å². The van der Waals surface area contributed by atoms with Gasteiger partial charge in [-0.3, -0.25) is 4.68 Å². The molecule has 0 spiro atoms. The first kappa shape index (κ1) is 9.71. The maximum atomic E-state index is 5.72. The van der Waals surface area contributed by atoms with Crippen molar-refractivity contribution in [2.45, 2.75) is 38.6 Å². The average molecular weight is 193 g/mol. The van der Waals surface area contributed by atoms with Crippen molar-refractivity contribution < 1.29 is 0 Å². The lowest BCUT2D eigenvalue weighted by Crippen LogP contribution is -2.24. The van der Waals surface area contributed by atoms with Gasteiger partial charge < -0.3 is 5.73 Å². The number of rotatable bonds is 2. The fraction of sp³-hybridized carbons (Fsp3) is 0.727. The summed E-state index contributed by atoms with van der Waals surface area (Å²) in [6, 6.07) is 0.589. The molecule has 1 aliphatic carbocycles. The molecule has 2 atom stereocenters. The largest absolute Gasteiger partial charge is 0.330 e. The van der Waals surface area contributed by atoms with Crippen LogP contribution >= 0.6 is 0 Å². The van der Waals surface area contributed by atoms with Crippen molar-refractivity contribution in [2.24, 2.45) is 11.7 Å². The van der Waals surface area contributed by atoms with Crippen molar-refractivity contribution in [1.82, 2.24) is 9.78 Å². The highest BCUT2D eigenvalue weighted by Crippen LogP contribution is 2.31. The number of hydrogen-bond acceptors (Lipinski definition) is 2. The molecule has 2 N–H and O–H groups in total. The maximum Gasteiger partial charge on any atom is 0.0522 e. The van der Waals surface area contributed by atoms with E-state index in [-0.39, 0.29) is 0 Å². The summed E-state index contributed by atoms with van der Waals surface area (Å²) in [4.78, 5) is 0. The molecule has 3 nitrogen and oxygen atoms in total. The van der Waals surface area contributed by atoms with Gasteiger partial charge in [-0.1, -0.05) is 6.42 Å². The van der Waals surface area contributed by atoms with E-state index in [9.17, 15) is 0 Å². The van der Waals surface area contributed by atoms with Gasteiger partial charge in [0.25, 0.3) is 0 Å². The molecule has 1 fully saturated rings. The van der Waals surface area contributed by atoms with E-state index in [4.69, 9.17) is 5.73 Å². The zero-order valence-corrected chi connectivity index (χ0v) is 8.82. The summed E-state index contributed by atoms with van der Waals surface area (Å²) in [6.45, 7) is 2.92. The Morgan fingerprint density at radius 3 is 3.07 bits per heavy atom. The lowest BCUT2D eigenvalue weighted by molar-refractivity contribution is 0.257. The Bertz CT molecular complexity index is 292. The molecule has 1 aromatic heterocycles. The topological polar surface area (TPSA) is 43.8 Å². The van der Waals surface area contributed by atoms with Crippen LogP contribution in [0.5, 0.6) is 0 Å². The number of aryl methyl sites for hydroxylation is 1. The number of nitrogens with two attached hydrogens (primary N) is 1. The Balaban J connectivity index is 2.04. The fourth-order valence-corrected chi connectivity index (χ4v) is 2.35. The van der Waals surface area contributed by atoms with Crippen LogP contribution in [0.15, 0.2) is 12.4 Å². The molecule has 0 saturated heterocycles. The standard InChI is InChI=1S/C11H19N3/c1-9-7-13-14(8-9)11-4-2-3-10(5-11)6-12/h7-8,10-11H,2-6,12H2,1H3. The first-order chi connectivity index (χ1) is 6.79. The zero-order valence-electron chi connectivity index (χ0n) is 8.82. The van der Waals surface area contributed by atoms with Crippen LogP contribution in [0, 0.1) is 12.8 Å². The molecule has 1 aliphatic rings. The van der Waals surface area contributed by atoms with E-state index < -0.39 is 0 Å². The average Bonchev–Trinajstić information content (AvgIpc) is 2.65. The van der Waals surface area contributed by atoms with E-state index in [1.54, 1.807) is 0 Å². The summed E-state index contributed by atoms with van der Waals surface area (Å²) in [5.41, 5.74) is 6.97. The SMILES string of the molecule is Cc1cnn(C2CCCC(CN)C2)c1. The second-order valence-corrected chi connectivity index (χ2v) is 4.42. The highest BCUT2D eigenvalue weighted by molar-refractivity contribution is 5.00. The van der Waals surface area contributed by atoms with Crippen LogP contribution < -0.4 is 5.73 Å². The van der Waals surface area contributed by atoms with Crippen LogP contribution in [0.25, 0.3) is 0 Å². The van der Waals surface area contributed by atoms with Crippen LogP contribution in [-0.4, -0.2) is 16.3 Å². The third-order valence-corrected chi connectivity index (χ3v) is 3.19. The minimum atomic E-state index is 0.589. The first-order valence-electron chi connectivity index (χ1n) is 5.50. The predicted molar refractivity (Wildman–Crippen MR) is 57.0 cm³/mol. The van der Waals surface area contributed by atoms with Gasteiger partial charge in [0.05, 0.1) is 12.2 Å². The van der Waals surface area contributed by atoms with Crippen molar-refractivity contribution in [3.8, 4) is 0 Å². The van der Waals surface area contributed by atoms with Crippen LogP contribution in [0.1, 0.15) is 37.3 Å². The number of hydrogen-bond donors (Lipinski definition) is 1. The molecule has 1 heterocycles. The third kappa shape index (κ3) is 1.98. The summed E-state index contributed by atoms with van der Waals surface area (Å²) >= 11 is 0. The molecule has 1 aromatic rings. The Morgan fingerprint density at radius 2 is 2.43 bits per heavy atom. The first-order valence-corrected chi connectivity index (χ1v) is 5.50. The highest BCUT2D eigenvalue weighted by atomic mass is 15.3. The lowest BCUT2D eigenvalue weighted by atomic mass is 9.86. The van der Waals surface area contributed by atoms with Gasteiger partial charge in [-0.2, -0.15) is 5.10 Å². The fourth-order valence-electron chi connectivity index (χ4n) is 2.35. The van der Waals surface area contributed by atoms with E-state index in [0.717, 1.165) is 6.54 Å². The van der Waals surface area contributed by atoms with Gasteiger partial charge in [0.15, 0.2) is 0 Å². The van der Waals surface area contributed by atoms with Crippen molar-refractivity contribution in [3.63, 3.8) is 0 Å². The van der Waals surface area contributed by atoms with Gasteiger partial charge >= 0.3 is 0 Å². The van der Waals surface area contributed by atoms with Crippen LogP contribution in [-0.2, 0) is 0 Å². The molecule has 0 radical (unpaired) electrons. The molecular formula is C11H19N3. The zero-order chi connectivity index (χ0) is 9.97. The maximum absolute atomic E-state index is 5.72. The Labute approximate surface area is 85.3 Å². The molecule has 0 aliphatic heterocycles. The normalized spacial score (nSPS) is 27.9. The van der Waals surface area contributed by atoms with Crippen molar-refractivity contribution in [1.29, 1.82) is 0 Å². The lowest BCUT2D eigenvalue weighted by Gasteiger charge is -2.28. The van der Waals surface area contributed by atoms with Crippen LogP contribution in [0.3, 0.4) is 0 Å². The number of nitrogens with zero attached hydrogens (tertiary/aromatic N) is 2. The molecule has 3 heteroatoms. The van der Waals surface area contributed by atoms with Gasteiger partial charge in [0.2, 0.25) is 0 Å². The van der Waals surface area contributed by atoms with Crippen molar-refractivity contribution in [3.05, 3.63) is 18.0 Å².